The van der Waals surface area contributed by atoms with Crippen LogP contribution in [0.5, 0.6) is 0 Å². The molecule has 1 aromatic carbocycles. The summed E-state index contributed by atoms with van der Waals surface area (Å²) in [5.74, 6) is -0.433. The molecule has 0 aromatic heterocycles. The van der Waals surface area contributed by atoms with E-state index in [0.29, 0.717) is 12.2 Å². The maximum atomic E-state index is 11.1. The maximum Gasteiger partial charge on any atom is 0.373 e. The lowest BCUT2D eigenvalue weighted by atomic mass is 10.0. The van der Waals surface area contributed by atoms with E-state index < -0.39 is 5.97 Å². The van der Waals surface area contributed by atoms with Crippen LogP contribution in [0.1, 0.15) is 21.5 Å². The molecule has 1 aromatic rings. The highest BCUT2D eigenvalue weighted by atomic mass is 17.2. The second-order valence-electron chi connectivity index (χ2n) is 2.75. The minimum atomic E-state index is -0.433. The molecule has 0 unspecified atom stereocenters. The molecular weight excluding hydrogens is 168 g/mol. The highest BCUT2D eigenvalue weighted by Crippen LogP contribution is 2.19. The Morgan fingerprint density at radius 2 is 2.31 bits per heavy atom. The molecule has 0 fully saturated rings. The van der Waals surface area contributed by atoms with Gasteiger partial charge < -0.3 is 0 Å². The fourth-order valence-corrected chi connectivity index (χ4v) is 1.25. The minimum Gasteiger partial charge on any atom is -0.292 e. The molecule has 3 heteroatoms. The highest BCUT2D eigenvalue weighted by Gasteiger charge is 2.19. The summed E-state index contributed by atoms with van der Waals surface area (Å²) in [5, 5.41) is 0. The monoisotopic (exact) mass is 176 g/mol. The van der Waals surface area contributed by atoms with Gasteiger partial charge in [0.15, 0.2) is 0 Å². The summed E-state index contributed by atoms with van der Waals surface area (Å²) in [6.07, 6.45) is 1.72. The predicted molar refractivity (Wildman–Crippen MR) is 46.7 cm³/mol. The van der Waals surface area contributed by atoms with Gasteiger partial charge in [-0.1, -0.05) is 18.7 Å². The number of carbonyl (C=O) groups is 1. The van der Waals surface area contributed by atoms with Gasteiger partial charge in [-0.3, -0.25) is 4.89 Å². The summed E-state index contributed by atoms with van der Waals surface area (Å²) in [6.45, 7) is 3.95. The number of fused-ring (bicyclic) bond motifs is 1. The molecule has 0 amide bonds. The average molecular weight is 176 g/mol. The molecule has 13 heavy (non-hydrogen) atoms. The summed E-state index contributed by atoms with van der Waals surface area (Å²) in [7, 11) is 0. The molecule has 0 aliphatic carbocycles. The Morgan fingerprint density at radius 1 is 1.46 bits per heavy atom. The van der Waals surface area contributed by atoms with Crippen molar-refractivity contribution in [1.82, 2.24) is 0 Å². The van der Waals surface area contributed by atoms with E-state index in [2.05, 4.69) is 16.4 Å². The molecule has 2 rings (SSSR count). The molecule has 1 aliphatic rings. The molecule has 1 heterocycles. The van der Waals surface area contributed by atoms with E-state index >= 15 is 0 Å². The first-order valence-electron chi connectivity index (χ1n) is 3.90. The molecule has 0 atom stereocenters. The third kappa shape index (κ3) is 1.34. The average Bonchev–Trinajstić information content (AvgIpc) is 2.18. The molecule has 0 radical (unpaired) electrons. The standard InChI is InChI=1S/C10H8O3/c1-2-7-3-4-9-8(5-7)6-12-13-10(9)11/h2-5H,1,6H2. The quantitative estimate of drug-likeness (QED) is 0.613. The molecule has 0 bridgehead atoms. The van der Waals surface area contributed by atoms with Crippen molar-refractivity contribution in [3.63, 3.8) is 0 Å². The van der Waals surface area contributed by atoms with Gasteiger partial charge in [-0.2, -0.15) is 4.89 Å². The summed E-state index contributed by atoms with van der Waals surface area (Å²) in [5.41, 5.74) is 2.38. The summed E-state index contributed by atoms with van der Waals surface area (Å²) < 4.78 is 0. The summed E-state index contributed by atoms with van der Waals surface area (Å²) >= 11 is 0. The fraction of sp³-hybridized carbons (Fsp3) is 0.100. The van der Waals surface area contributed by atoms with Crippen LogP contribution < -0.4 is 0 Å². The number of benzene rings is 1. The zero-order valence-electron chi connectivity index (χ0n) is 6.95. The first kappa shape index (κ1) is 8.01. The van der Waals surface area contributed by atoms with E-state index in [1.54, 1.807) is 12.1 Å². The third-order valence-corrected chi connectivity index (χ3v) is 1.93. The number of hydrogen-bond donors (Lipinski definition) is 0. The smallest absolute Gasteiger partial charge is 0.292 e. The topological polar surface area (TPSA) is 35.5 Å². The first-order chi connectivity index (χ1) is 6.31. The van der Waals surface area contributed by atoms with Crippen molar-refractivity contribution in [2.24, 2.45) is 0 Å². The normalized spacial score (nSPS) is 14.6. The van der Waals surface area contributed by atoms with Gasteiger partial charge in [0.2, 0.25) is 0 Å². The van der Waals surface area contributed by atoms with E-state index in [0.717, 1.165) is 11.1 Å². The molecule has 1 aliphatic heterocycles. The Kier molecular flexibility index (Phi) is 1.87. The van der Waals surface area contributed by atoms with Crippen LogP contribution in [0.3, 0.4) is 0 Å². The second kappa shape index (κ2) is 3.03. The van der Waals surface area contributed by atoms with Crippen LogP contribution in [-0.4, -0.2) is 5.97 Å². The summed E-state index contributed by atoms with van der Waals surface area (Å²) in [6, 6.07) is 5.40. The molecule has 66 valence electrons. The van der Waals surface area contributed by atoms with Crippen LogP contribution in [0, 0.1) is 0 Å². The van der Waals surface area contributed by atoms with E-state index in [4.69, 9.17) is 0 Å². The predicted octanol–water partition coefficient (Wildman–Crippen LogP) is 1.93. The van der Waals surface area contributed by atoms with Crippen LogP contribution in [0.25, 0.3) is 6.08 Å². The van der Waals surface area contributed by atoms with Gasteiger partial charge >= 0.3 is 5.97 Å². The molecule has 0 saturated heterocycles. The van der Waals surface area contributed by atoms with Gasteiger partial charge in [-0.15, -0.1) is 0 Å². The van der Waals surface area contributed by atoms with Crippen molar-refractivity contribution in [2.75, 3.05) is 0 Å². The van der Waals surface area contributed by atoms with Crippen molar-refractivity contribution in [3.8, 4) is 0 Å². The van der Waals surface area contributed by atoms with Crippen LogP contribution in [0.4, 0.5) is 0 Å². The van der Waals surface area contributed by atoms with Crippen molar-refractivity contribution in [1.29, 1.82) is 0 Å². The first-order valence-corrected chi connectivity index (χ1v) is 3.90. The zero-order valence-corrected chi connectivity index (χ0v) is 6.95. The Hall–Kier alpha value is -1.61. The van der Waals surface area contributed by atoms with Gasteiger partial charge in [-0.05, 0) is 23.3 Å². The van der Waals surface area contributed by atoms with Crippen LogP contribution in [-0.2, 0) is 16.4 Å². The lowest BCUT2D eigenvalue weighted by molar-refractivity contribution is -0.256. The maximum absolute atomic E-state index is 11.1. The van der Waals surface area contributed by atoms with Gasteiger partial charge in [0, 0.05) is 0 Å². The molecule has 0 N–H and O–H groups in total. The number of rotatable bonds is 1. The Labute approximate surface area is 75.5 Å². The lowest BCUT2D eigenvalue weighted by Gasteiger charge is -2.14. The second-order valence-corrected chi connectivity index (χ2v) is 2.75. The van der Waals surface area contributed by atoms with Gasteiger partial charge in [0.1, 0.15) is 6.61 Å². The molecule has 0 saturated carbocycles. The largest absolute Gasteiger partial charge is 0.373 e. The Bertz CT molecular complexity index is 368. The zero-order chi connectivity index (χ0) is 9.26. The van der Waals surface area contributed by atoms with E-state index in [-0.39, 0.29) is 0 Å². The molecule has 0 spiro atoms. The van der Waals surface area contributed by atoms with Crippen molar-refractivity contribution < 1.29 is 14.6 Å². The van der Waals surface area contributed by atoms with Gasteiger partial charge in [0.05, 0.1) is 5.56 Å². The van der Waals surface area contributed by atoms with Gasteiger partial charge in [-0.25, -0.2) is 4.79 Å². The van der Waals surface area contributed by atoms with E-state index in [9.17, 15) is 4.79 Å². The van der Waals surface area contributed by atoms with Crippen molar-refractivity contribution in [3.05, 3.63) is 41.5 Å². The molecule has 3 nitrogen and oxygen atoms in total. The van der Waals surface area contributed by atoms with Crippen molar-refractivity contribution in [2.45, 2.75) is 6.61 Å². The third-order valence-electron chi connectivity index (χ3n) is 1.93. The number of carbonyl (C=O) groups excluding carboxylic acids is 1. The highest BCUT2D eigenvalue weighted by molar-refractivity contribution is 5.91. The molecular formula is C10H8O3. The fourth-order valence-electron chi connectivity index (χ4n) is 1.25. The van der Waals surface area contributed by atoms with Gasteiger partial charge in [0.25, 0.3) is 0 Å². The van der Waals surface area contributed by atoms with Crippen LogP contribution in [0.2, 0.25) is 0 Å². The van der Waals surface area contributed by atoms with Crippen molar-refractivity contribution >= 4 is 12.0 Å². The van der Waals surface area contributed by atoms with E-state index in [1.165, 1.54) is 0 Å². The van der Waals surface area contributed by atoms with Crippen LogP contribution in [0.15, 0.2) is 24.8 Å². The lowest BCUT2D eigenvalue weighted by Crippen LogP contribution is -2.15. The Balaban J connectivity index is 2.51. The van der Waals surface area contributed by atoms with Crippen LogP contribution >= 0.6 is 0 Å². The minimum absolute atomic E-state index is 0.308. The number of hydrogen-bond acceptors (Lipinski definition) is 3. The SMILES string of the molecule is C=Cc1ccc2c(c1)COOC2=O. The van der Waals surface area contributed by atoms with E-state index in [1.807, 2.05) is 12.1 Å². The summed E-state index contributed by atoms with van der Waals surface area (Å²) in [4.78, 5) is 20.1. The Morgan fingerprint density at radius 3 is 3.08 bits per heavy atom.